The van der Waals surface area contributed by atoms with Gasteiger partial charge in [0.05, 0.1) is 6.04 Å². The van der Waals surface area contributed by atoms with Crippen molar-refractivity contribution in [2.24, 2.45) is 0 Å². The number of fused-ring (bicyclic) bond motifs is 1. The summed E-state index contributed by atoms with van der Waals surface area (Å²) in [7, 11) is 0. The quantitative estimate of drug-likeness (QED) is 0.600. The summed E-state index contributed by atoms with van der Waals surface area (Å²) in [6.45, 7) is 2.80. The Balaban J connectivity index is 1.44. The van der Waals surface area contributed by atoms with Crippen molar-refractivity contribution >= 4 is 11.8 Å². The van der Waals surface area contributed by atoms with E-state index in [1.54, 1.807) is 21.9 Å². The van der Waals surface area contributed by atoms with Gasteiger partial charge in [-0.3, -0.25) is 9.59 Å². The van der Waals surface area contributed by atoms with E-state index in [-0.39, 0.29) is 35.2 Å². The predicted octanol–water partition coefficient (Wildman–Crippen LogP) is 3.73. The largest absolute Gasteiger partial charge is 0.471 e. The zero-order valence-corrected chi connectivity index (χ0v) is 17.5. The average molecular weight is 456 g/mol. The molecule has 0 saturated carbocycles. The van der Waals surface area contributed by atoms with E-state index in [0.29, 0.717) is 25.2 Å². The minimum atomic E-state index is -4.74. The Morgan fingerprint density at radius 1 is 1.12 bits per heavy atom. The van der Waals surface area contributed by atoms with E-state index >= 15 is 0 Å². The first-order valence-corrected chi connectivity index (χ1v) is 10.4. The third-order valence-electron chi connectivity index (χ3n) is 6.23. The number of nitrogens with zero attached hydrogens (tertiary/aromatic N) is 4. The van der Waals surface area contributed by atoms with Crippen molar-refractivity contribution in [2.45, 2.75) is 31.6 Å². The molecule has 0 bridgehead atoms. The van der Waals surface area contributed by atoms with Crippen molar-refractivity contribution in [1.82, 2.24) is 19.9 Å². The van der Waals surface area contributed by atoms with Gasteiger partial charge in [-0.15, -0.1) is 0 Å². The standard InChI is InChI=1S/C23H19F3N4O3/c1-13(31)29-11-18(14-5-3-2-4-6-14)19(12-29)30-10-16-8-7-15(9-17(16)21(30)32)20-27-22(33-28-20)23(24,25)26/h2-9,18-19H,10-12H2,1H3/t18-,19+/m1/s1. The molecule has 3 heterocycles. The highest BCUT2D eigenvalue weighted by Gasteiger charge is 2.43. The maximum atomic E-state index is 13.4. The van der Waals surface area contributed by atoms with Gasteiger partial charge in [-0.1, -0.05) is 47.6 Å². The fraction of sp³-hybridized carbons (Fsp3) is 0.304. The molecule has 0 unspecified atom stereocenters. The van der Waals surface area contributed by atoms with Crippen LogP contribution in [0.4, 0.5) is 13.2 Å². The van der Waals surface area contributed by atoms with Gasteiger partial charge in [0, 0.05) is 43.6 Å². The highest BCUT2D eigenvalue weighted by molar-refractivity contribution is 5.99. The summed E-state index contributed by atoms with van der Waals surface area (Å²) in [5, 5.41) is 3.41. The molecule has 2 aliphatic heterocycles. The van der Waals surface area contributed by atoms with Crippen LogP contribution in [-0.4, -0.2) is 50.9 Å². The van der Waals surface area contributed by atoms with Gasteiger partial charge >= 0.3 is 12.1 Å². The number of amides is 2. The van der Waals surface area contributed by atoms with Gasteiger partial charge in [0.2, 0.25) is 11.7 Å². The van der Waals surface area contributed by atoms with Gasteiger partial charge in [0.1, 0.15) is 0 Å². The van der Waals surface area contributed by atoms with Crippen LogP contribution in [0.25, 0.3) is 11.4 Å². The number of likely N-dealkylation sites (tertiary alicyclic amines) is 1. The minimum Gasteiger partial charge on any atom is -0.340 e. The lowest BCUT2D eigenvalue weighted by Gasteiger charge is -2.28. The monoisotopic (exact) mass is 456 g/mol. The van der Waals surface area contributed by atoms with Gasteiger partial charge in [-0.05, 0) is 17.2 Å². The van der Waals surface area contributed by atoms with Gasteiger partial charge < -0.3 is 14.3 Å². The molecular weight excluding hydrogens is 437 g/mol. The lowest BCUT2D eigenvalue weighted by atomic mass is 9.93. The molecule has 2 aliphatic rings. The number of alkyl halides is 3. The van der Waals surface area contributed by atoms with Crippen molar-refractivity contribution in [3.05, 3.63) is 71.1 Å². The van der Waals surface area contributed by atoms with Crippen LogP contribution in [0.2, 0.25) is 0 Å². The number of aromatic nitrogens is 2. The highest BCUT2D eigenvalue weighted by atomic mass is 19.4. The molecule has 0 N–H and O–H groups in total. The second kappa shape index (κ2) is 7.72. The molecule has 1 aromatic heterocycles. The molecule has 170 valence electrons. The molecule has 2 aromatic carbocycles. The number of halogens is 3. The van der Waals surface area contributed by atoms with Crippen molar-refractivity contribution in [3.63, 3.8) is 0 Å². The Bertz CT molecular complexity index is 1230. The lowest BCUT2D eigenvalue weighted by molar-refractivity contribution is -0.159. The summed E-state index contributed by atoms with van der Waals surface area (Å²) in [6, 6.07) is 14.3. The average Bonchev–Trinajstić information content (AvgIpc) is 3.51. The van der Waals surface area contributed by atoms with Crippen LogP contribution in [0.15, 0.2) is 53.1 Å². The maximum absolute atomic E-state index is 13.4. The van der Waals surface area contributed by atoms with Crippen molar-refractivity contribution in [3.8, 4) is 11.4 Å². The van der Waals surface area contributed by atoms with Crippen molar-refractivity contribution in [2.75, 3.05) is 13.1 Å². The van der Waals surface area contributed by atoms with E-state index in [4.69, 9.17) is 0 Å². The minimum absolute atomic E-state index is 0.0422. The molecule has 10 heteroatoms. The van der Waals surface area contributed by atoms with E-state index in [0.717, 1.165) is 11.1 Å². The zero-order chi connectivity index (χ0) is 23.3. The highest BCUT2D eigenvalue weighted by Crippen LogP contribution is 2.37. The molecule has 5 rings (SSSR count). The normalized spacial score (nSPS) is 20.4. The molecule has 2 amide bonds. The Morgan fingerprint density at radius 3 is 2.55 bits per heavy atom. The fourth-order valence-electron chi connectivity index (χ4n) is 4.57. The fourth-order valence-corrected chi connectivity index (χ4v) is 4.57. The number of hydrogen-bond acceptors (Lipinski definition) is 5. The van der Waals surface area contributed by atoms with Gasteiger partial charge in [-0.25, -0.2) is 0 Å². The smallest absolute Gasteiger partial charge is 0.340 e. The Kier molecular flexibility index (Phi) is 4.95. The second-order valence-corrected chi connectivity index (χ2v) is 8.23. The number of hydrogen-bond donors (Lipinski definition) is 0. The van der Waals surface area contributed by atoms with Crippen LogP contribution in [0.1, 0.15) is 40.2 Å². The number of rotatable bonds is 3. The zero-order valence-electron chi connectivity index (χ0n) is 17.5. The van der Waals surface area contributed by atoms with Crippen molar-refractivity contribution in [1.29, 1.82) is 0 Å². The first-order valence-electron chi connectivity index (χ1n) is 10.4. The first-order chi connectivity index (χ1) is 15.7. The van der Waals surface area contributed by atoms with E-state index < -0.39 is 12.1 Å². The molecule has 33 heavy (non-hydrogen) atoms. The molecule has 7 nitrogen and oxygen atoms in total. The lowest BCUT2D eigenvalue weighted by Crippen LogP contribution is -2.40. The Morgan fingerprint density at radius 2 is 1.88 bits per heavy atom. The van der Waals surface area contributed by atoms with Crippen LogP contribution < -0.4 is 0 Å². The second-order valence-electron chi connectivity index (χ2n) is 8.23. The summed E-state index contributed by atoms with van der Waals surface area (Å²) in [6.07, 6.45) is -4.74. The van der Waals surface area contributed by atoms with E-state index in [2.05, 4.69) is 14.7 Å². The molecule has 0 aliphatic carbocycles. The summed E-state index contributed by atoms with van der Waals surface area (Å²) in [5.74, 6) is -2.00. The van der Waals surface area contributed by atoms with Crippen LogP contribution in [0, 0.1) is 0 Å². The van der Waals surface area contributed by atoms with Crippen LogP contribution >= 0.6 is 0 Å². The number of carbonyl (C=O) groups excluding carboxylic acids is 2. The summed E-state index contributed by atoms with van der Waals surface area (Å²) >= 11 is 0. The van der Waals surface area contributed by atoms with Gasteiger partial charge in [0.15, 0.2) is 0 Å². The van der Waals surface area contributed by atoms with Crippen LogP contribution in [-0.2, 0) is 17.5 Å². The van der Waals surface area contributed by atoms with E-state index in [9.17, 15) is 22.8 Å². The summed E-state index contributed by atoms with van der Waals surface area (Å²) in [5.41, 5.74) is 2.46. The van der Waals surface area contributed by atoms with Crippen molar-refractivity contribution < 1.29 is 27.3 Å². The molecular formula is C23H19F3N4O3. The molecule has 1 fully saturated rings. The van der Waals surface area contributed by atoms with Crippen LogP contribution in [0.3, 0.4) is 0 Å². The Hall–Kier alpha value is -3.69. The molecule has 3 aromatic rings. The molecule has 1 saturated heterocycles. The van der Waals surface area contributed by atoms with Gasteiger partial charge in [-0.2, -0.15) is 18.2 Å². The third kappa shape index (κ3) is 3.75. The van der Waals surface area contributed by atoms with Crippen LogP contribution in [0.5, 0.6) is 0 Å². The third-order valence-corrected chi connectivity index (χ3v) is 6.23. The maximum Gasteiger partial charge on any atom is 0.471 e. The number of carbonyl (C=O) groups is 2. The van der Waals surface area contributed by atoms with E-state index in [1.165, 1.54) is 13.0 Å². The summed E-state index contributed by atoms with van der Waals surface area (Å²) < 4.78 is 42.7. The topological polar surface area (TPSA) is 79.5 Å². The molecule has 0 radical (unpaired) electrons. The predicted molar refractivity (Wildman–Crippen MR) is 110 cm³/mol. The molecule has 2 atom stereocenters. The van der Waals surface area contributed by atoms with Gasteiger partial charge in [0.25, 0.3) is 5.91 Å². The molecule has 0 spiro atoms. The summed E-state index contributed by atoms with van der Waals surface area (Å²) in [4.78, 5) is 32.3. The number of benzene rings is 2. The first kappa shape index (κ1) is 21.2. The SMILES string of the molecule is CC(=O)N1C[C@H](c2ccccc2)[C@@H](N2Cc3ccc(-c4noc(C(F)(F)F)n4)cc3C2=O)C1. The Labute approximate surface area is 186 Å². The van der Waals surface area contributed by atoms with E-state index in [1.807, 2.05) is 30.3 Å².